The lowest BCUT2D eigenvalue weighted by Crippen LogP contribution is -2.10. The first-order valence-electron chi connectivity index (χ1n) is 9.13. The minimum Gasteiger partial charge on any atom is -0.366 e. The molecule has 0 bridgehead atoms. The Morgan fingerprint density at radius 2 is 1.68 bits per heavy atom. The van der Waals surface area contributed by atoms with Crippen molar-refractivity contribution < 1.29 is 4.79 Å². The number of amides is 1. The molecule has 0 unspecified atom stereocenters. The van der Waals surface area contributed by atoms with Crippen LogP contribution in [0.3, 0.4) is 0 Å². The van der Waals surface area contributed by atoms with E-state index in [1.807, 2.05) is 18.2 Å². The number of carbonyl (C=O) groups is 1. The van der Waals surface area contributed by atoms with Crippen molar-refractivity contribution in [2.75, 3.05) is 14.1 Å². The lowest BCUT2D eigenvalue weighted by molar-refractivity contribution is 0.100. The van der Waals surface area contributed by atoms with Crippen LogP contribution in [-0.2, 0) is 6.54 Å². The van der Waals surface area contributed by atoms with Crippen LogP contribution < -0.4 is 5.73 Å². The summed E-state index contributed by atoms with van der Waals surface area (Å²) in [5, 5.41) is 1.04. The van der Waals surface area contributed by atoms with E-state index in [0.29, 0.717) is 5.56 Å². The predicted octanol–water partition coefficient (Wildman–Crippen LogP) is 4.06. The number of nitrogens with zero attached hydrogens (tertiary/aromatic N) is 2. The van der Waals surface area contributed by atoms with E-state index in [0.717, 1.165) is 40.0 Å². The molecule has 5 nitrogen and oxygen atoms in total. The van der Waals surface area contributed by atoms with Gasteiger partial charge in [-0.1, -0.05) is 36.4 Å². The summed E-state index contributed by atoms with van der Waals surface area (Å²) < 4.78 is 0. The maximum Gasteiger partial charge on any atom is 0.248 e. The molecule has 140 valence electrons. The van der Waals surface area contributed by atoms with Gasteiger partial charge in [-0.15, -0.1) is 0 Å². The van der Waals surface area contributed by atoms with Crippen molar-refractivity contribution in [1.29, 1.82) is 0 Å². The van der Waals surface area contributed by atoms with Crippen LogP contribution in [-0.4, -0.2) is 34.9 Å². The number of nitrogens with one attached hydrogen (secondary N) is 1. The molecule has 0 atom stereocenters. The number of aromatic nitrogens is 2. The fourth-order valence-electron chi connectivity index (χ4n) is 3.40. The van der Waals surface area contributed by atoms with E-state index in [2.05, 4.69) is 59.3 Å². The van der Waals surface area contributed by atoms with Gasteiger partial charge in [0.05, 0.1) is 0 Å². The molecule has 0 aliphatic rings. The van der Waals surface area contributed by atoms with Crippen molar-refractivity contribution in [1.82, 2.24) is 14.9 Å². The topological polar surface area (TPSA) is 75.0 Å². The van der Waals surface area contributed by atoms with Gasteiger partial charge in [-0.2, -0.15) is 0 Å². The zero-order valence-corrected chi connectivity index (χ0v) is 15.9. The second kappa shape index (κ2) is 7.29. The summed E-state index contributed by atoms with van der Waals surface area (Å²) in [6.07, 6.45) is 1.79. The molecule has 4 aromatic rings. The van der Waals surface area contributed by atoms with Gasteiger partial charge in [0, 0.05) is 29.4 Å². The van der Waals surface area contributed by atoms with Gasteiger partial charge in [0.25, 0.3) is 0 Å². The van der Waals surface area contributed by atoms with Gasteiger partial charge >= 0.3 is 0 Å². The van der Waals surface area contributed by atoms with Crippen LogP contribution in [0.5, 0.6) is 0 Å². The second-order valence-corrected chi connectivity index (χ2v) is 7.18. The van der Waals surface area contributed by atoms with E-state index in [1.165, 1.54) is 5.56 Å². The normalized spacial score (nSPS) is 11.2. The smallest absolute Gasteiger partial charge is 0.248 e. The molecule has 0 saturated heterocycles. The molecule has 0 aliphatic carbocycles. The Labute approximate surface area is 163 Å². The number of primary amides is 1. The maximum atomic E-state index is 11.3. The number of H-pyrrole nitrogens is 1. The number of aromatic amines is 1. The van der Waals surface area contributed by atoms with Crippen LogP contribution in [0.4, 0.5) is 0 Å². The largest absolute Gasteiger partial charge is 0.366 e. The molecule has 0 aliphatic heterocycles. The summed E-state index contributed by atoms with van der Waals surface area (Å²) in [5.74, 6) is -0.423. The van der Waals surface area contributed by atoms with Crippen LogP contribution in [0.25, 0.3) is 33.4 Å². The number of fused-ring (bicyclic) bond motifs is 1. The van der Waals surface area contributed by atoms with Gasteiger partial charge < -0.3 is 15.6 Å². The summed E-state index contributed by atoms with van der Waals surface area (Å²) in [4.78, 5) is 21.4. The molecule has 1 amide bonds. The highest BCUT2D eigenvalue weighted by atomic mass is 16.1. The summed E-state index contributed by atoms with van der Waals surface area (Å²) in [6.45, 7) is 0.917. The average molecular weight is 370 g/mol. The first-order valence-corrected chi connectivity index (χ1v) is 9.13. The molecule has 5 heteroatoms. The first-order chi connectivity index (χ1) is 13.5. The van der Waals surface area contributed by atoms with Gasteiger partial charge in [-0.05, 0) is 60.6 Å². The number of pyridine rings is 1. The van der Waals surface area contributed by atoms with Crippen molar-refractivity contribution in [2.24, 2.45) is 5.73 Å². The molecule has 0 spiro atoms. The van der Waals surface area contributed by atoms with Crippen LogP contribution in [0.15, 0.2) is 66.9 Å². The standard InChI is InChI=1S/C23H22N4O/c1-27(2)14-15-3-5-17(6-4-15)21-13-20-19(11-12-25-23(20)26-21)16-7-9-18(10-8-16)22(24)28/h3-13H,14H2,1-2H3,(H2,24,28)(H,25,26). The average Bonchev–Trinajstić information content (AvgIpc) is 3.12. The van der Waals surface area contributed by atoms with E-state index < -0.39 is 5.91 Å². The van der Waals surface area contributed by atoms with Crippen LogP contribution >= 0.6 is 0 Å². The number of hydrogen-bond acceptors (Lipinski definition) is 3. The highest BCUT2D eigenvalue weighted by molar-refractivity contribution is 5.97. The molecule has 0 saturated carbocycles. The summed E-state index contributed by atoms with van der Waals surface area (Å²) in [6, 6.07) is 20.0. The highest BCUT2D eigenvalue weighted by Crippen LogP contribution is 2.31. The Morgan fingerprint density at radius 3 is 2.32 bits per heavy atom. The number of benzene rings is 2. The minimum atomic E-state index is -0.423. The number of carbonyl (C=O) groups excluding carboxylic acids is 1. The Kier molecular flexibility index (Phi) is 4.67. The molecule has 0 radical (unpaired) electrons. The van der Waals surface area contributed by atoms with Crippen molar-refractivity contribution in [3.8, 4) is 22.4 Å². The summed E-state index contributed by atoms with van der Waals surface area (Å²) in [7, 11) is 4.13. The van der Waals surface area contributed by atoms with E-state index in [1.54, 1.807) is 18.3 Å². The molecule has 0 fully saturated rings. The lowest BCUT2D eigenvalue weighted by Gasteiger charge is -2.09. The Balaban J connectivity index is 1.71. The highest BCUT2D eigenvalue weighted by Gasteiger charge is 2.10. The quantitative estimate of drug-likeness (QED) is 0.556. The summed E-state index contributed by atoms with van der Waals surface area (Å²) >= 11 is 0. The fraction of sp³-hybridized carbons (Fsp3) is 0.130. The third-order valence-corrected chi connectivity index (χ3v) is 4.78. The molecule has 2 aromatic heterocycles. The predicted molar refractivity (Wildman–Crippen MR) is 113 cm³/mol. The molecule has 3 N–H and O–H groups in total. The van der Waals surface area contributed by atoms with Crippen LogP contribution in [0, 0.1) is 0 Å². The molecule has 2 aromatic carbocycles. The van der Waals surface area contributed by atoms with E-state index >= 15 is 0 Å². The first kappa shape index (κ1) is 17.9. The van der Waals surface area contributed by atoms with Gasteiger partial charge in [-0.3, -0.25) is 4.79 Å². The Morgan fingerprint density at radius 1 is 1.00 bits per heavy atom. The van der Waals surface area contributed by atoms with Crippen molar-refractivity contribution in [3.05, 3.63) is 78.0 Å². The van der Waals surface area contributed by atoms with Gasteiger partial charge in [-0.25, -0.2) is 4.98 Å². The zero-order chi connectivity index (χ0) is 19.7. The molecule has 2 heterocycles. The summed E-state index contributed by atoms with van der Waals surface area (Å²) in [5.41, 5.74) is 12.2. The fourth-order valence-corrected chi connectivity index (χ4v) is 3.40. The van der Waals surface area contributed by atoms with Crippen LogP contribution in [0.2, 0.25) is 0 Å². The molecular weight excluding hydrogens is 348 g/mol. The second-order valence-electron chi connectivity index (χ2n) is 7.18. The van der Waals surface area contributed by atoms with Crippen molar-refractivity contribution in [2.45, 2.75) is 6.54 Å². The van der Waals surface area contributed by atoms with Gasteiger partial charge in [0.15, 0.2) is 0 Å². The van der Waals surface area contributed by atoms with Crippen LogP contribution in [0.1, 0.15) is 15.9 Å². The van der Waals surface area contributed by atoms with Crippen molar-refractivity contribution >= 4 is 16.9 Å². The SMILES string of the molecule is CN(C)Cc1ccc(-c2cc3c(-c4ccc(C(N)=O)cc4)ccnc3[nH]2)cc1. The minimum absolute atomic E-state index is 0.423. The number of rotatable bonds is 5. The Hall–Kier alpha value is -3.44. The van der Waals surface area contributed by atoms with Crippen molar-refractivity contribution in [3.63, 3.8) is 0 Å². The van der Waals surface area contributed by atoms with E-state index in [-0.39, 0.29) is 0 Å². The third kappa shape index (κ3) is 3.52. The Bertz CT molecular complexity index is 1130. The third-order valence-electron chi connectivity index (χ3n) is 4.78. The molecular formula is C23H22N4O. The lowest BCUT2D eigenvalue weighted by atomic mass is 10.0. The zero-order valence-electron chi connectivity index (χ0n) is 15.9. The van der Waals surface area contributed by atoms with Gasteiger partial charge in [0.1, 0.15) is 5.65 Å². The monoisotopic (exact) mass is 370 g/mol. The maximum absolute atomic E-state index is 11.3. The van der Waals surface area contributed by atoms with E-state index in [4.69, 9.17) is 5.73 Å². The van der Waals surface area contributed by atoms with Gasteiger partial charge in [0.2, 0.25) is 5.91 Å². The molecule has 28 heavy (non-hydrogen) atoms. The number of hydrogen-bond donors (Lipinski definition) is 2. The number of nitrogens with two attached hydrogens (primary N) is 1. The molecule has 4 rings (SSSR count). The van der Waals surface area contributed by atoms with E-state index in [9.17, 15) is 4.79 Å².